The Hall–Kier alpha value is -1.05. The van der Waals surface area contributed by atoms with Crippen LogP contribution in [-0.2, 0) is 10.0 Å². The van der Waals surface area contributed by atoms with Gasteiger partial charge < -0.3 is 5.11 Å². The molecule has 0 bridgehead atoms. The van der Waals surface area contributed by atoms with Gasteiger partial charge in [-0.1, -0.05) is 6.92 Å². The standard InChI is InChI=1S/C10H15FN2O3S/c1-2-3-13(4-5-14)17(15,16)10-6-9(11)7-12-8-10/h6-8,14H,2-5H2,1H3. The monoisotopic (exact) mass is 262 g/mol. The van der Waals surface area contributed by atoms with Crippen molar-refractivity contribution in [1.82, 2.24) is 9.29 Å². The van der Waals surface area contributed by atoms with E-state index in [1.807, 2.05) is 6.92 Å². The van der Waals surface area contributed by atoms with Gasteiger partial charge in [0.2, 0.25) is 10.0 Å². The fraction of sp³-hybridized carbons (Fsp3) is 0.500. The molecule has 0 atom stereocenters. The summed E-state index contributed by atoms with van der Waals surface area (Å²) in [5, 5.41) is 8.83. The largest absolute Gasteiger partial charge is 0.395 e. The molecule has 0 saturated heterocycles. The van der Waals surface area contributed by atoms with E-state index in [0.717, 1.165) is 22.8 Å². The first-order chi connectivity index (χ1) is 8.02. The van der Waals surface area contributed by atoms with Crippen LogP contribution in [0.1, 0.15) is 13.3 Å². The number of aromatic nitrogens is 1. The van der Waals surface area contributed by atoms with Gasteiger partial charge in [0, 0.05) is 19.3 Å². The van der Waals surface area contributed by atoms with Gasteiger partial charge in [0.1, 0.15) is 10.7 Å². The molecule has 0 saturated carbocycles. The molecule has 0 spiro atoms. The van der Waals surface area contributed by atoms with Crippen LogP contribution in [0.3, 0.4) is 0 Å². The lowest BCUT2D eigenvalue weighted by Crippen LogP contribution is -2.34. The summed E-state index contributed by atoms with van der Waals surface area (Å²) in [7, 11) is -3.78. The minimum atomic E-state index is -3.78. The second-order valence-electron chi connectivity index (χ2n) is 3.47. The zero-order chi connectivity index (χ0) is 12.9. The molecule has 17 heavy (non-hydrogen) atoms. The normalized spacial score (nSPS) is 12.0. The molecule has 1 rings (SSSR count). The van der Waals surface area contributed by atoms with Gasteiger partial charge in [0.25, 0.3) is 0 Å². The van der Waals surface area contributed by atoms with E-state index in [2.05, 4.69) is 4.98 Å². The van der Waals surface area contributed by atoms with Crippen LogP contribution in [0.4, 0.5) is 4.39 Å². The smallest absolute Gasteiger partial charge is 0.244 e. The molecule has 0 radical (unpaired) electrons. The predicted molar refractivity (Wildman–Crippen MR) is 60.3 cm³/mol. The molecule has 5 nitrogen and oxygen atoms in total. The van der Waals surface area contributed by atoms with Crippen LogP contribution in [0.25, 0.3) is 0 Å². The first-order valence-electron chi connectivity index (χ1n) is 5.24. The van der Waals surface area contributed by atoms with Crippen molar-refractivity contribution in [3.63, 3.8) is 0 Å². The van der Waals surface area contributed by atoms with Crippen molar-refractivity contribution >= 4 is 10.0 Å². The molecule has 0 fully saturated rings. The highest BCUT2D eigenvalue weighted by molar-refractivity contribution is 7.89. The van der Waals surface area contributed by atoms with E-state index in [4.69, 9.17) is 5.11 Å². The Bertz CT molecular complexity index is 458. The van der Waals surface area contributed by atoms with E-state index in [-0.39, 0.29) is 24.6 Å². The zero-order valence-corrected chi connectivity index (χ0v) is 10.3. The Kier molecular flexibility index (Phi) is 4.98. The lowest BCUT2D eigenvalue weighted by molar-refractivity contribution is 0.253. The Labute approximate surface area is 100.0 Å². The van der Waals surface area contributed by atoms with Gasteiger partial charge in [-0.05, 0) is 12.5 Å². The van der Waals surface area contributed by atoms with Crippen molar-refractivity contribution in [2.24, 2.45) is 0 Å². The molecule has 96 valence electrons. The summed E-state index contributed by atoms with van der Waals surface area (Å²) >= 11 is 0. The summed E-state index contributed by atoms with van der Waals surface area (Å²) in [6.07, 6.45) is 2.65. The summed E-state index contributed by atoms with van der Waals surface area (Å²) in [5.74, 6) is -0.702. The van der Waals surface area contributed by atoms with Crippen LogP contribution in [0.5, 0.6) is 0 Å². The van der Waals surface area contributed by atoms with Crippen LogP contribution >= 0.6 is 0 Å². The highest BCUT2D eigenvalue weighted by Gasteiger charge is 2.23. The van der Waals surface area contributed by atoms with Crippen molar-refractivity contribution in [2.75, 3.05) is 19.7 Å². The lowest BCUT2D eigenvalue weighted by atomic mass is 10.5. The summed E-state index contributed by atoms with van der Waals surface area (Å²) < 4.78 is 38.2. The lowest BCUT2D eigenvalue weighted by Gasteiger charge is -2.20. The number of halogens is 1. The maximum Gasteiger partial charge on any atom is 0.244 e. The van der Waals surface area contributed by atoms with Gasteiger partial charge >= 0.3 is 0 Å². The number of hydrogen-bond donors (Lipinski definition) is 1. The van der Waals surface area contributed by atoms with Crippen molar-refractivity contribution in [3.8, 4) is 0 Å². The Balaban J connectivity index is 3.07. The first kappa shape index (κ1) is 14.0. The minimum Gasteiger partial charge on any atom is -0.395 e. The van der Waals surface area contributed by atoms with E-state index in [0.29, 0.717) is 6.42 Å². The SMILES string of the molecule is CCCN(CCO)S(=O)(=O)c1cncc(F)c1. The molecule has 1 aromatic rings. The van der Waals surface area contributed by atoms with Gasteiger partial charge in [-0.2, -0.15) is 4.31 Å². The molecule has 0 amide bonds. The van der Waals surface area contributed by atoms with E-state index >= 15 is 0 Å². The van der Waals surface area contributed by atoms with Gasteiger partial charge in [-0.3, -0.25) is 4.98 Å². The van der Waals surface area contributed by atoms with E-state index < -0.39 is 15.8 Å². The second-order valence-corrected chi connectivity index (χ2v) is 5.40. The molecule has 0 aliphatic carbocycles. The van der Waals surface area contributed by atoms with Crippen molar-refractivity contribution in [1.29, 1.82) is 0 Å². The number of nitrogens with zero attached hydrogens (tertiary/aromatic N) is 2. The first-order valence-corrected chi connectivity index (χ1v) is 6.68. The average molecular weight is 262 g/mol. The highest BCUT2D eigenvalue weighted by Crippen LogP contribution is 2.15. The van der Waals surface area contributed by atoms with Crippen LogP contribution < -0.4 is 0 Å². The van der Waals surface area contributed by atoms with Gasteiger partial charge in [0.15, 0.2) is 0 Å². The Morgan fingerprint density at radius 3 is 2.65 bits per heavy atom. The number of hydrogen-bond acceptors (Lipinski definition) is 4. The molecule has 0 aliphatic heterocycles. The average Bonchev–Trinajstić information content (AvgIpc) is 2.29. The molecule has 0 aromatic carbocycles. The third-order valence-corrected chi connectivity index (χ3v) is 4.00. The summed E-state index contributed by atoms with van der Waals surface area (Å²) in [6.45, 7) is 1.82. The Morgan fingerprint density at radius 1 is 1.41 bits per heavy atom. The van der Waals surface area contributed by atoms with Crippen molar-refractivity contribution in [2.45, 2.75) is 18.2 Å². The van der Waals surface area contributed by atoms with Crippen molar-refractivity contribution in [3.05, 3.63) is 24.3 Å². The quantitative estimate of drug-likeness (QED) is 0.815. The van der Waals surface area contributed by atoms with Gasteiger partial charge in [0.05, 0.1) is 12.8 Å². The van der Waals surface area contributed by atoms with Gasteiger partial charge in [-0.25, -0.2) is 12.8 Å². The second kappa shape index (κ2) is 6.04. The molecule has 0 aliphatic rings. The molecule has 7 heteroatoms. The zero-order valence-electron chi connectivity index (χ0n) is 9.50. The maximum absolute atomic E-state index is 12.9. The number of sulfonamides is 1. The topological polar surface area (TPSA) is 70.5 Å². The predicted octanol–water partition coefficient (Wildman–Crippen LogP) is 0.614. The van der Waals surface area contributed by atoms with Crippen molar-refractivity contribution < 1.29 is 17.9 Å². The van der Waals surface area contributed by atoms with Crippen LogP contribution in [0.2, 0.25) is 0 Å². The number of pyridine rings is 1. The van der Waals surface area contributed by atoms with E-state index in [1.165, 1.54) is 0 Å². The summed E-state index contributed by atoms with van der Waals surface area (Å²) in [6, 6.07) is 0.919. The van der Waals surface area contributed by atoms with E-state index in [9.17, 15) is 12.8 Å². The van der Waals surface area contributed by atoms with Crippen LogP contribution in [-0.4, -0.2) is 42.5 Å². The van der Waals surface area contributed by atoms with Crippen LogP contribution in [0.15, 0.2) is 23.4 Å². The van der Waals surface area contributed by atoms with E-state index in [1.54, 1.807) is 0 Å². The number of rotatable bonds is 6. The number of aliphatic hydroxyl groups is 1. The summed E-state index contributed by atoms with van der Waals surface area (Å²) in [4.78, 5) is 3.31. The molecular formula is C10H15FN2O3S. The third kappa shape index (κ3) is 3.45. The Morgan fingerprint density at radius 2 is 2.12 bits per heavy atom. The third-order valence-electron chi connectivity index (χ3n) is 2.14. The summed E-state index contributed by atoms with van der Waals surface area (Å²) in [5.41, 5.74) is 0. The maximum atomic E-state index is 12.9. The number of aliphatic hydroxyl groups excluding tert-OH is 1. The molecule has 1 heterocycles. The molecule has 1 aromatic heterocycles. The minimum absolute atomic E-state index is 0.00726. The fourth-order valence-corrected chi connectivity index (χ4v) is 2.89. The molecular weight excluding hydrogens is 247 g/mol. The fourth-order valence-electron chi connectivity index (χ4n) is 1.40. The molecule has 0 unspecified atom stereocenters. The highest BCUT2D eigenvalue weighted by atomic mass is 32.2. The van der Waals surface area contributed by atoms with Crippen LogP contribution in [0, 0.1) is 5.82 Å². The van der Waals surface area contributed by atoms with Gasteiger partial charge in [-0.15, -0.1) is 0 Å². The molecule has 1 N–H and O–H groups in total.